The molecule has 1 amide bonds. The third kappa shape index (κ3) is 4.38. The first-order valence-corrected chi connectivity index (χ1v) is 10.7. The first kappa shape index (κ1) is 20.8. The Labute approximate surface area is 181 Å². The molecule has 0 N–H and O–H groups in total. The van der Waals surface area contributed by atoms with Gasteiger partial charge in [0.2, 0.25) is 0 Å². The molecule has 1 fully saturated rings. The SMILES string of the molecule is CCn1ccc(C(=O)N2CCN(c3ccc(=O)n(-c4ccc(C(C)C)cc4)n3)CC2)n1. The van der Waals surface area contributed by atoms with Crippen molar-refractivity contribution in [1.82, 2.24) is 24.5 Å². The zero-order chi connectivity index (χ0) is 22.0. The van der Waals surface area contributed by atoms with Crippen LogP contribution in [0.5, 0.6) is 0 Å². The number of benzene rings is 1. The number of aromatic nitrogens is 4. The Hall–Kier alpha value is -3.42. The molecule has 2 aromatic heterocycles. The second-order valence-corrected chi connectivity index (χ2v) is 8.02. The van der Waals surface area contributed by atoms with E-state index in [1.807, 2.05) is 42.3 Å². The van der Waals surface area contributed by atoms with Crippen molar-refractivity contribution in [3.63, 3.8) is 0 Å². The molecule has 0 aliphatic carbocycles. The van der Waals surface area contributed by atoms with Crippen LogP contribution < -0.4 is 10.5 Å². The highest BCUT2D eigenvalue weighted by molar-refractivity contribution is 5.92. The van der Waals surface area contributed by atoms with Crippen molar-refractivity contribution in [3.05, 3.63) is 70.3 Å². The number of nitrogens with zero attached hydrogens (tertiary/aromatic N) is 6. The van der Waals surface area contributed by atoms with Crippen molar-refractivity contribution < 1.29 is 4.79 Å². The zero-order valence-corrected chi connectivity index (χ0v) is 18.2. The summed E-state index contributed by atoms with van der Waals surface area (Å²) in [7, 11) is 0. The van der Waals surface area contributed by atoms with E-state index in [0.717, 1.165) is 18.1 Å². The molecule has 4 rings (SSSR count). The number of amides is 1. The van der Waals surface area contributed by atoms with Gasteiger partial charge in [0.25, 0.3) is 11.5 Å². The Balaban J connectivity index is 1.47. The number of hydrogen-bond donors (Lipinski definition) is 0. The number of carbonyl (C=O) groups is 1. The summed E-state index contributed by atoms with van der Waals surface area (Å²) in [4.78, 5) is 29.0. The Bertz CT molecular complexity index is 1110. The van der Waals surface area contributed by atoms with Crippen LogP contribution in [0.15, 0.2) is 53.5 Å². The molecule has 0 bridgehead atoms. The van der Waals surface area contributed by atoms with Gasteiger partial charge in [-0.15, -0.1) is 5.10 Å². The molecule has 0 saturated carbocycles. The van der Waals surface area contributed by atoms with E-state index in [1.54, 1.807) is 22.9 Å². The number of rotatable bonds is 5. The van der Waals surface area contributed by atoms with E-state index >= 15 is 0 Å². The van der Waals surface area contributed by atoms with Gasteiger partial charge in [-0.3, -0.25) is 14.3 Å². The molecule has 0 radical (unpaired) electrons. The highest BCUT2D eigenvalue weighted by Gasteiger charge is 2.24. The monoisotopic (exact) mass is 420 g/mol. The van der Waals surface area contributed by atoms with Gasteiger partial charge in [0.1, 0.15) is 11.5 Å². The van der Waals surface area contributed by atoms with Crippen LogP contribution in [0.2, 0.25) is 0 Å². The highest BCUT2D eigenvalue weighted by Crippen LogP contribution is 2.18. The van der Waals surface area contributed by atoms with E-state index in [2.05, 4.69) is 28.9 Å². The molecule has 1 aliphatic heterocycles. The van der Waals surface area contributed by atoms with Crippen LogP contribution >= 0.6 is 0 Å². The third-order valence-electron chi connectivity index (χ3n) is 5.67. The summed E-state index contributed by atoms with van der Waals surface area (Å²) < 4.78 is 3.19. The predicted octanol–water partition coefficient (Wildman–Crippen LogP) is 2.53. The largest absolute Gasteiger partial charge is 0.352 e. The first-order valence-electron chi connectivity index (χ1n) is 10.7. The van der Waals surface area contributed by atoms with E-state index < -0.39 is 0 Å². The summed E-state index contributed by atoms with van der Waals surface area (Å²) in [5.74, 6) is 1.12. The fourth-order valence-corrected chi connectivity index (χ4v) is 3.71. The molecule has 162 valence electrons. The minimum Gasteiger partial charge on any atom is -0.352 e. The van der Waals surface area contributed by atoms with Crippen LogP contribution in [0.4, 0.5) is 5.82 Å². The molecule has 3 heterocycles. The smallest absolute Gasteiger partial charge is 0.274 e. The van der Waals surface area contributed by atoms with Crippen molar-refractivity contribution in [2.45, 2.75) is 33.2 Å². The molecule has 8 heteroatoms. The topological polar surface area (TPSA) is 76.3 Å². The number of carbonyl (C=O) groups excluding carboxylic acids is 1. The molecule has 1 aliphatic rings. The molecule has 3 aromatic rings. The van der Waals surface area contributed by atoms with Crippen molar-refractivity contribution in [3.8, 4) is 5.69 Å². The summed E-state index contributed by atoms with van der Waals surface area (Å²) in [5, 5.41) is 8.91. The summed E-state index contributed by atoms with van der Waals surface area (Å²) >= 11 is 0. The molecule has 31 heavy (non-hydrogen) atoms. The maximum absolute atomic E-state index is 12.7. The lowest BCUT2D eigenvalue weighted by atomic mass is 10.0. The number of piperazine rings is 1. The molecular weight excluding hydrogens is 392 g/mol. The van der Waals surface area contributed by atoms with Crippen LogP contribution in [0.25, 0.3) is 5.69 Å². The van der Waals surface area contributed by atoms with Gasteiger partial charge >= 0.3 is 0 Å². The maximum Gasteiger partial charge on any atom is 0.274 e. The van der Waals surface area contributed by atoms with E-state index in [0.29, 0.717) is 37.8 Å². The Morgan fingerprint density at radius 2 is 1.68 bits per heavy atom. The number of hydrogen-bond acceptors (Lipinski definition) is 5. The Kier molecular flexibility index (Phi) is 5.88. The Morgan fingerprint density at radius 3 is 2.29 bits per heavy atom. The number of aryl methyl sites for hydroxylation is 1. The lowest BCUT2D eigenvalue weighted by Gasteiger charge is -2.35. The number of anilines is 1. The second-order valence-electron chi connectivity index (χ2n) is 8.02. The lowest BCUT2D eigenvalue weighted by Crippen LogP contribution is -2.49. The summed E-state index contributed by atoms with van der Waals surface area (Å²) in [6.45, 7) is 9.48. The summed E-state index contributed by atoms with van der Waals surface area (Å²) in [6.07, 6.45) is 1.82. The molecule has 8 nitrogen and oxygen atoms in total. The van der Waals surface area contributed by atoms with Gasteiger partial charge in [-0.2, -0.15) is 9.78 Å². The van der Waals surface area contributed by atoms with E-state index in [1.165, 1.54) is 10.2 Å². The normalized spacial score (nSPS) is 14.3. The molecule has 0 atom stereocenters. The maximum atomic E-state index is 12.7. The van der Waals surface area contributed by atoms with E-state index in [4.69, 9.17) is 0 Å². The summed E-state index contributed by atoms with van der Waals surface area (Å²) in [5.41, 5.74) is 2.28. The van der Waals surface area contributed by atoms with Gasteiger partial charge in [-0.25, -0.2) is 0 Å². The van der Waals surface area contributed by atoms with E-state index in [-0.39, 0.29) is 11.5 Å². The fourth-order valence-electron chi connectivity index (χ4n) is 3.71. The minimum absolute atomic E-state index is 0.0463. The van der Waals surface area contributed by atoms with Gasteiger partial charge < -0.3 is 9.80 Å². The predicted molar refractivity (Wildman–Crippen MR) is 120 cm³/mol. The first-order chi connectivity index (χ1) is 15.0. The van der Waals surface area contributed by atoms with Crippen molar-refractivity contribution >= 4 is 11.7 Å². The molecule has 0 unspecified atom stereocenters. The average molecular weight is 421 g/mol. The van der Waals surface area contributed by atoms with Gasteiger partial charge in [0, 0.05) is 45.0 Å². The lowest BCUT2D eigenvalue weighted by molar-refractivity contribution is 0.0739. The van der Waals surface area contributed by atoms with Crippen molar-refractivity contribution in [1.29, 1.82) is 0 Å². The molecule has 1 aromatic carbocycles. The van der Waals surface area contributed by atoms with Crippen molar-refractivity contribution in [2.75, 3.05) is 31.1 Å². The second kappa shape index (κ2) is 8.75. The van der Waals surface area contributed by atoms with Crippen LogP contribution in [0, 0.1) is 0 Å². The van der Waals surface area contributed by atoms with Gasteiger partial charge in [-0.05, 0) is 42.7 Å². The van der Waals surface area contributed by atoms with Crippen LogP contribution in [-0.2, 0) is 6.54 Å². The van der Waals surface area contributed by atoms with Gasteiger partial charge in [0.05, 0.1) is 5.69 Å². The third-order valence-corrected chi connectivity index (χ3v) is 5.67. The van der Waals surface area contributed by atoms with Crippen LogP contribution in [-0.4, -0.2) is 56.5 Å². The standard InChI is InChI=1S/C23H28N6O2/c1-4-28-12-11-20(24-28)23(31)27-15-13-26(14-16-27)21-9-10-22(30)29(25-21)19-7-5-18(6-8-19)17(2)3/h5-12,17H,4,13-16H2,1-3H3. The molecule has 1 saturated heterocycles. The zero-order valence-electron chi connectivity index (χ0n) is 18.2. The van der Waals surface area contributed by atoms with Crippen molar-refractivity contribution in [2.24, 2.45) is 0 Å². The average Bonchev–Trinajstić information content (AvgIpc) is 3.28. The quantitative estimate of drug-likeness (QED) is 0.634. The van der Waals surface area contributed by atoms with E-state index in [9.17, 15) is 9.59 Å². The Morgan fingerprint density at radius 1 is 0.968 bits per heavy atom. The fraction of sp³-hybridized carbons (Fsp3) is 0.391. The molecule has 0 spiro atoms. The minimum atomic E-state index is -0.165. The van der Waals surface area contributed by atoms with Gasteiger partial charge in [0.15, 0.2) is 0 Å². The van der Waals surface area contributed by atoms with Crippen LogP contribution in [0.3, 0.4) is 0 Å². The summed E-state index contributed by atoms with van der Waals surface area (Å²) in [6, 6.07) is 13.0. The highest BCUT2D eigenvalue weighted by atomic mass is 16.2. The molecular formula is C23H28N6O2. The van der Waals surface area contributed by atoms with Crippen LogP contribution in [0.1, 0.15) is 42.7 Å². The van der Waals surface area contributed by atoms with Gasteiger partial charge in [-0.1, -0.05) is 26.0 Å².